The molecule has 1 atom stereocenters. The van der Waals surface area contributed by atoms with Gasteiger partial charge in [0.15, 0.2) is 0 Å². The quantitative estimate of drug-likeness (QED) is 0.588. The lowest BCUT2D eigenvalue weighted by atomic mass is 10.1. The molecule has 0 amide bonds. The maximum absolute atomic E-state index is 8.39. The predicted octanol–water partition coefficient (Wildman–Crippen LogP) is 4.42. The van der Waals surface area contributed by atoms with Crippen LogP contribution in [0.25, 0.3) is 0 Å². The summed E-state index contributed by atoms with van der Waals surface area (Å²) in [4.78, 5) is 0. The minimum atomic E-state index is 0.0147. The Bertz CT molecular complexity index is 332. The standard InChI is InChI=1S/C11H11BrClN/c12-10-5-3-4-9(8-10)11(13)6-1-2-7-14/h3-5,8,11H,1-2,6H2/t11-/m0/s1. The maximum Gasteiger partial charge on any atom is 0.0621 e. The van der Waals surface area contributed by atoms with Gasteiger partial charge in [0.05, 0.1) is 11.4 Å². The Balaban J connectivity index is 2.52. The number of halogens is 2. The smallest absolute Gasteiger partial charge is 0.0621 e. The predicted molar refractivity (Wildman–Crippen MR) is 62.2 cm³/mol. The zero-order valence-electron chi connectivity index (χ0n) is 7.71. The summed E-state index contributed by atoms with van der Waals surface area (Å²) in [5.41, 5.74) is 1.11. The average molecular weight is 273 g/mol. The molecule has 14 heavy (non-hydrogen) atoms. The molecule has 0 bridgehead atoms. The van der Waals surface area contributed by atoms with E-state index in [1.54, 1.807) is 0 Å². The van der Waals surface area contributed by atoms with Crippen molar-refractivity contribution in [1.29, 1.82) is 5.26 Å². The Hall–Kier alpha value is -0.520. The van der Waals surface area contributed by atoms with Crippen LogP contribution < -0.4 is 0 Å². The molecule has 0 unspecified atom stereocenters. The van der Waals surface area contributed by atoms with E-state index >= 15 is 0 Å². The van der Waals surface area contributed by atoms with Crippen molar-refractivity contribution in [2.75, 3.05) is 0 Å². The normalized spacial score (nSPS) is 12.1. The van der Waals surface area contributed by atoms with Crippen LogP contribution in [0.2, 0.25) is 0 Å². The summed E-state index contributed by atoms with van der Waals surface area (Å²) in [5, 5.41) is 8.41. The number of unbranched alkanes of at least 4 members (excludes halogenated alkanes) is 1. The van der Waals surface area contributed by atoms with Crippen LogP contribution >= 0.6 is 27.5 Å². The van der Waals surface area contributed by atoms with Crippen LogP contribution in [-0.4, -0.2) is 0 Å². The van der Waals surface area contributed by atoms with Crippen LogP contribution in [0.15, 0.2) is 28.7 Å². The molecular weight excluding hydrogens is 261 g/mol. The fourth-order valence-electron chi connectivity index (χ4n) is 1.23. The zero-order valence-corrected chi connectivity index (χ0v) is 10.1. The molecule has 0 N–H and O–H groups in total. The van der Waals surface area contributed by atoms with Gasteiger partial charge in [0, 0.05) is 10.9 Å². The Morgan fingerprint density at radius 1 is 1.50 bits per heavy atom. The third kappa shape index (κ3) is 3.69. The number of nitriles is 1. The topological polar surface area (TPSA) is 23.8 Å². The molecule has 0 aliphatic heterocycles. The van der Waals surface area contributed by atoms with Gasteiger partial charge in [-0.05, 0) is 30.5 Å². The van der Waals surface area contributed by atoms with E-state index < -0.39 is 0 Å². The summed E-state index contributed by atoms with van der Waals surface area (Å²) in [6.07, 6.45) is 2.29. The Kier molecular flexibility index (Phi) is 5.00. The Morgan fingerprint density at radius 3 is 2.93 bits per heavy atom. The van der Waals surface area contributed by atoms with Gasteiger partial charge in [-0.2, -0.15) is 5.26 Å². The Labute approximate surface area is 97.8 Å². The molecule has 0 aliphatic carbocycles. The summed E-state index contributed by atoms with van der Waals surface area (Å²) in [6.45, 7) is 0. The number of rotatable bonds is 4. The molecular formula is C11H11BrClN. The van der Waals surface area contributed by atoms with Crippen molar-refractivity contribution in [3.05, 3.63) is 34.3 Å². The molecule has 0 saturated heterocycles. The van der Waals surface area contributed by atoms with Crippen molar-refractivity contribution in [2.24, 2.45) is 0 Å². The monoisotopic (exact) mass is 271 g/mol. The summed E-state index contributed by atoms with van der Waals surface area (Å²) in [5.74, 6) is 0. The average Bonchev–Trinajstić information content (AvgIpc) is 2.18. The highest BCUT2D eigenvalue weighted by Crippen LogP contribution is 2.27. The van der Waals surface area contributed by atoms with Gasteiger partial charge in [-0.3, -0.25) is 0 Å². The first-order chi connectivity index (χ1) is 6.74. The van der Waals surface area contributed by atoms with Gasteiger partial charge >= 0.3 is 0 Å². The minimum Gasteiger partial charge on any atom is -0.198 e. The Morgan fingerprint density at radius 2 is 2.29 bits per heavy atom. The highest BCUT2D eigenvalue weighted by atomic mass is 79.9. The molecule has 0 aliphatic rings. The van der Waals surface area contributed by atoms with E-state index in [1.807, 2.05) is 24.3 Å². The van der Waals surface area contributed by atoms with E-state index in [2.05, 4.69) is 22.0 Å². The van der Waals surface area contributed by atoms with E-state index in [-0.39, 0.29) is 5.38 Å². The first kappa shape index (κ1) is 11.6. The van der Waals surface area contributed by atoms with Gasteiger partial charge in [-0.25, -0.2) is 0 Å². The number of nitrogens with zero attached hydrogens (tertiary/aromatic N) is 1. The van der Waals surface area contributed by atoms with Crippen molar-refractivity contribution in [2.45, 2.75) is 24.6 Å². The van der Waals surface area contributed by atoms with E-state index in [1.165, 1.54) is 0 Å². The highest BCUT2D eigenvalue weighted by Gasteiger charge is 2.07. The third-order valence-electron chi connectivity index (χ3n) is 1.96. The van der Waals surface area contributed by atoms with Crippen molar-refractivity contribution >= 4 is 27.5 Å². The third-order valence-corrected chi connectivity index (χ3v) is 2.92. The molecule has 0 saturated carbocycles. The lowest BCUT2D eigenvalue weighted by molar-refractivity contribution is 0.732. The molecule has 3 heteroatoms. The van der Waals surface area contributed by atoms with Crippen LogP contribution in [0, 0.1) is 11.3 Å². The van der Waals surface area contributed by atoms with Gasteiger partial charge in [0.2, 0.25) is 0 Å². The summed E-state index contributed by atoms with van der Waals surface area (Å²) >= 11 is 9.58. The number of alkyl halides is 1. The fourth-order valence-corrected chi connectivity index (χ4v) is 1.94. The SMILES string of the molecule is N#CCCC[C@H](Cl)c1cccc(Br)c1. The van der Waals surface area contributed by atoms with Crippen LogP contribution in [0.4, 0.5) is 0 Å². The minimum absolute atomic E-state index is 0.0147. The lowest BCUT2D eigenvalue weighted by Gasteiger charge is -2.08. The van der Waals surface area contributed by atoms with E-state index in [9.17, 15) is 0 Å². The van der Waals surface area contributed by atoms with E-state index in [0.29, 0.717) is 6.42 Å². The van der Waals surface area contributed by atoms with E-state index in [4.69, 9.17) is 16.9 Å². The molecule has 1 aromatic rings. The fraction of sp³-hybridized carbons (Fsp3) is 0.364. The number of hydrogen-bond acceptors (Lipinski definition) is 1. The van der Waals surface area contributed by atoms with Crippen molar-refractivity contribution in [3.63, 3.8) is 0 Å². The van der Waals surface area contributed by atoms with Crippen LogP contribution in [-0.2, 0) is 0 Å². The molecule has 1 nitrogen and oxygen atoms in total. The first-order valence-electron chi connectivity index (χ1n) is 4.50. The molecule has 0 spiro atoms. The first-order valence-corrected chi connectivity index (χ1v) is 5.73. The molecule has 0 heterocycles. The largest absolute Gasteiger partial charge is 0.198 e. The molecule has 74 valence electrons. The van der Waals surface area contributed by atoms with Crippen molar-refractivity contribution < 1.29 is 0 Å². The van der Waals surface area contributed by atoms with Crippen LogP contribution in [0.1, 0.15) is 30.2 Å². The van der Waals surface area contributed by atoms with Gasteiger partial charge in [-0.15, -0.1) is 11.6 Å². The molecule has 0 aromatic heterocycles. The summed E-state index contributed by atoms with van der Waals surface area (Å²) < 4.78 is 1.04. The second kappa shape index (κ2) is 6.06. The second-order valence-electron chi connectivity index (χ2n) is 3.07. The van der Waals surface area contributed by atoms with Crippen LogP contribution in [0.3, 0.4) is 0 Å². The maximum atomic E-state index is 8.39. The van der Waals surface area contributed by atoms with Gasteiger partial charge in [0.1, 0.15) is 0 Å². The zero-order chi connectivity index (χ0) is 10.4. The molecule has 1 rings (SSSR count). The summed E-state index contributed by atoms with van der Waals surface area (Å²) in [7, 11) is 0. The molecule has 0 fully saturated rings. The van der Waals surface area contributed by atoms with Crippen molar-refractivity contribution in [1.82, 2.24) is 0 Å². The number of hydrogen-bond donors (Lipinski definition) is 0. The molecule has 0 radical (unpaired) electrons. The lowest BCUT2D eigenvalue weighted by Crippen LogP contribution is -1.90. The van der Waals surface area contributed by atoms with Crippen LogP contribution in [0.5, 0.6) is 0 Å². The second-order valence-corrected chi connectivity index (χ2v) is 4.52. The van der Waals surface area contributed by atoms with E-state index in [0.717, 1.165) is 22.9 Å². The molecule has 1 aromatic carbocycles. The number of benzene rings is 1. The van der Waals surface area contributed by atoms with Gasteiger partial charge < -0.3 is 0 Å². The van der Waals surface area contributed by atoms with Gasteiger partial charge in [-0.1, -0.05) is 28.1 Å². The van der Waals surface area contributed by atoms with Gasteiger partial charge in [0.25, 0.3) is 0 Å². The highest BCUT2D eigenvalue weighted by molar-refractivity contribution is 9.10. The summed E-state index contributed by atoms with van der Waals surface area (Å²) in [6, 6.07) is 10.1. The van der Waals surface area contributed by atoms with Crippen molar-refractivity contribution in [3.8, 4) is 6.07 Å².